The highest BCUT2D eigenvalue weighted by molar-refractivity contribution is 5.94. The smallest absolute Gasteiger partial charge is 0.257 e. The van der Waals surface area contributed by atoms with Gasteiger partial charge in [0.1, 0.15) is 5.82 Å². The molecule has 152 valence electrons. The molecule has 0 aliphatic carbocycles. The number of carbonyl (C=O) groups is 1. The minimum Gasteiger partial charge on any atom is -0.381 e. The summed E-state index contributed by atoms with van der Waals surface area (Å²) in [6.07, 6.45) is 5.57. The zero-order valence-corrected chi connectivity index (χ0v) is 16.9. The van der Waals surface area contributed by atoms with E-state index in [0.717, 1.165) is 45.7 Å². The molecule has 0 spiro atoms. The second kappa shape index (κ2) is 7.84. The summed E-state index contributed by atoms with van der Waals surface area (Å²) in [4.78, 5) is 26.6. The first-order valence-corrected chi connectivity index (χ1v) is 10.7. The Bertz CT molecular complexity index is 851. The third kappa shape index (κ3) is 3.55. The van der Waals surface area contributed by atoms with Crippen LogP contribution in [0.4, 0.5) is 0 Å². The van der Waals surface area contributed by atoms with Gasteiger partial charge in [0.2, 0.25) is 0 Å². The van der Waals surface area contributed by atoms with Crippen LogP contribution in [-0.4, -0.2) is 64.6 Å². The molecule has 0 bridgehead atoms. The Morgan fingerprint density at radius 3 is 2.48 bits per heavy atom. The van der Waals surface area contributed by atoms with Crippen molar-refractivity contribution in [1.82, 2.24) is 19.8 Å². The van der Waals surface area contributed by atoms with Crippen LogP contribution < -0.4 is 0 Å². The van der Waals surface area contributed by atoms with E-state index in [1.807, 2.05) is 13.0 Å². The average molecular weight is 393 g/mol. The fraction of sp³-hybridized carbons (Fsp3) is 0.522. The van der Waals surface area contributed by atoms with E-state index >= 15 is 0 Å². The Kier molecular flexibility index (Phi) is 5.06. The number of ether oxygens (including phenoxy) is 1. The zero-order chi connectivity index (χ0) is 19.8. The molecule has 6 nitrogen and oxygen atoms in total. The Morgan fingerprint density at radius 1 is 1.03 bits per heavy atom. The number of benzene rings is 1. The van der Waals surface area contributed by atoms with Crippen molar-refractivity contribution in [1.29, 1.82) is 0 Å². The Labute approximate surface area is 171 Å². The molecule has 3 atom stereocenters. The number of hydrogen-bond acceptors (Lipinski definition) is 5. The van der Waals surface area contributed by atoms with Crippen LogP contribution in [0, 0.1) is 18.8 Å². The van der Waals surface area contributed by atoms with Gasteiger partial charge in [0.15, 0.2) is 0 Å². The third-order valence-electron chi connectivity index (χ3n) is 6.83. The summed E-state index contributed by atoms with van der Waals surface area (Å²) >= 11 is 0. The lowest BCUT2D eigenvalue weighted by Gasteiger charge is -2.34. The molecule has 0 radical (unpaired) electrons. The quantitative estimate of drug-likeness (QED) is 0.804. The maximum absolute atomic E-state index is 13.4. The number of likely N-dealkylation sites (tertiary alicyclic amines) is 2. The summed E-state index contributed by atoms with van der Waals surface area (Å²) in [6.45, 7) is 6.52. The number of fused-ring (bicyclic) bond motifs is 1. The number of hydrogen-bond donors (Lipinski definition) is 0. The second-order valence-electron chi connectivity index (χ2n) is 8.55. The van der Waals surface area contributed by atoms with Crippen LogP contribution in [0.1, 0.15) is 40.6 Å². The van der Waals surface area contributed by atoms with E-state index in [1.54, 1.807) is 12.4 Å². The van der Waals surface area contributed by atoms with E-state index in [1.165, 1.54) is 5.56 Å². The van der Waals surface area contributed by atoms with Gasteiger partial charge in [-0.05, 0) is 31.2 Å². The maximum Gasteiger partial charge on any atom is 0.257 e. The zero-order valence-electron chi connectivity index (χ0n) is 16.9. The van der Waals surface area contributed by atoms with Crippen molar-refractivity contribution in [3.63, 3.8) is 0 Å². The van der Waals surface area contributed by atoms with Gasteiger partial charge in [-0.25, -0.2) is 9.97 Å². The molecule has 29 heavy (non-hydrogen) atoms. The largest absolute Gasteiger partial charge is 0.381 e. The van der Waals surface area contributed by atoms with Gasteiger partial charge in [-0.15, -0.1) is 0 Å². The SMILES string of the molecule is Cc1ncc(C(=O)N2C[C@@H]3CN(C4CCOCC4)C[C@@H]3[C@H]2c2ccccc2)cn1. The molecular formula is C23H28N4O2. The molecule has 3 aliphatic rings. The van der Waals surface area contributed by atoms with E-state index in [4.69, 9.17) is 4.74 Å². The Hall–Kier alpha value is -2.31. The molecule has 5 rings (SSSR count). The van der Waals surface area contributed by atoms with Gasteiger partial charge in [-0.2, -0.15) is 0 Å². The Morgan fingerprint density at radius 2 is 1.76 bits per heavy atom. The first kappa shape index (κ1) is 18.7. The molecule has 3 fully saturated rings. The standard InChI is InChI=1S/C23H28N4O2/c1-16-24-11-18(12-25-16)23(28)27-14-19-13-26(20-7-9-29-10-8-20)15-21(19)22(27)17-5-3-2-4-6-17/h2-6,11-12,19-22H,7-10,13-15H2,1H3/t19-,21-,22+/m0/s1. The van der Waals surface area contributed by atoms with Crippen molar-refractivity contribution < 1.29 is 9.53 Å². The van der Waals surface area contributed by atoms with Crippen molar-refractivity contribution in [2.24, 2.45) is 11.8 Å². The van der Waals surface area contributed by atoms with Crippen molar-refractivity contribution in [3.05, 3.63) is 59.7 Å². The lowest BCUT2D eigenvalue weighted by molar-refractivity contribution is 0.0361. The number of nitrogens with zero attached hydrogens (tertiary/aromatic N) is 4. The van der Waals surface area contributed by atoms with Gasteiger partial charge in [0, 0.05) is 57.2 Å². The summed E-state index contributed by atoms with van der Waals surface area (Å²) in [5.41, 5.74) is 1.81. The highest BCUT2D eigenvalue weighted by Crippen LogP contribution is 2.46. The van der Waals surface area contributed by atoms with Crippen LogP contribution in [-0.2, 0) is 4.74 Å². The van der Waals surface area contributed by atoms with E-state index < -0.39 is 0 Å². The van der Waals surface area contributed by atoms with Crippen LogP contribution in [0.15, 0.2) is 42.7 Å². The van der Waals surface area contributed by atoms with Crippen LogP contribution in [0.2, 0.25) is 0 Å². The van der Waals surface area contributed by atoms with Crippen LogP contribution in [0.3, 0.4) is 0 Å². The second-order valence-corrected chi connectivity index (χ2v) is 8.55. The first-order chi connectivity index (χ1) is 14.2. The highest BCUT2D eigenvalue weighted by Gasteiger charge is 2.50. The summed E-state index contributed by atoms with van der Waals surface area (Å²) in [5, 5.41) is 0. The fourth-order valence-electron chi connectivity index (χ4n) is 5.38. The molecule has 2 aromatic rings. The summed E-state index contributed by atoms with van der Waals surface area (Å²) < 4.78 is 5.56. The number of amides is 1. The minimum absolute atomic E-state index is 0.0471. The molecule has 1 amide bonds. The normalized spacial score (nSPS) is 27.9. The number of aromatic nitrogens is 2. The van der Waals surface area contributed by atoms with Crippen molar-refractivity contribution in [3.8, 4) is 0 Å². The van der Waals surface area contributed by atoms with Crippen LogP contribution in [0.25, 0.3) is 0 Å². The predicted molar refractivity (Wildman–Crippen MR) is 109 cm³/mol. The monoisotopic (exact) mass is 392 g/mol. The molecular weight excluding hydrogens is 364 g/mol. The van der Waals surface area contributed by atoms with Gasteiger partial charge in [-0.3, -0.25) is 9.69 Å². The average Bonchev–Trinajstić information content (AvgIpc) is 3.33. The maximum atomic E-state index is 13.4. The van der Waals surface area contributed by atoms with E-state index in [2.05, 4.69) is 44.0 Å². The van der Waals surface area contributed by atoms with Gasteiger partial charge >= 0.3 is 0 Å². The molecule has 4 heterocycles. The van der Waals surface area contributed by atoms with Gasteiger partial charge in [0.05, 0.1) is 11.6 Å². The topological polar surface area (TPSA) is 58.6 Å². The lowest BCUT2D eigenvalue weighted by Crippen LogP contribution is -2.41. The molecule has 3 aliphatic heterocycles. The summed E-state index contributed by atoms with van der Waals surface area (Å²) in [6, 6.07) is 11.3. The van der Waals surface area contributed by atoms with Crippen LogP contribution >= 0.6 is 0 Å². The molecule has 1 aromatic heterocycles. The van der Waals surface area contributed by atoms with Crippen molar-refractivity contribution >= 4 is 5.91 Å². The van der Waals surface area contributed by atoms with Gasteiger partial charge in [-0.1, -0.05) is 30.3 Å². The fourth-order valence-corrected chi connectivity index (χ4v) is 5.38. The third-order valence-corrected chi connectivity index (χ3v) is 6.83. The number of carbonyl (C=O) groups excluding carboxylic acids is 1. The molecule has 0 unspecified atom stereocenters. The number of aryl methyl sites for hydroxylation is 1. The Balaban J connectivity index is 1.41. The van der Waals surface area contributed by atoms with Crippen molar-refractivity contribution in [2.75, 3.05) is 32.8 Å². The summed E-state index contributed by atoms with van der Waals surface area (Å²) in [5.74, 6) is 1.71. The molecule has 0 saturated carbocycles. The van der Waals surface area contributed by atoms with Crippen LogP contribution in [0.5, 0.6) is 0 Å². The van der Waals surface area contributed by atoms with Gasteiger partial charge in [0.25, 0.3) is 5.91 Å². The first-order valence-electron chi connectivity index (χ1n) is 10.7. The van der Waals surface area contributed by atoms with Crippen molar-refractivity contribution in [2.45, 2.75) is 31.8 Å². The molecule has 3 saturated heterocycles. The highest BCUT2D eigenvalue weighted by atomic mass is 16.5. The molecule has 6 heteroatoms. The van der Waals surface area contributed by atoms with E-state index in [9.17, 15) is 4.79 Å². The van der Waals surface area contributed by atoms with Gasteiger partial charge < -0.3 is 9.64 Å². The minimum atomic E-state index is 0.0471. The van der Waals surface area contributed by atoms with E-state index in [0.29, 0.717) is 29.3 Å². The van der Waals surface area contributed by atoms with E-state index in [-0.39, 0.29) is 11.9 Å². The predicted octanol–water partition coefficient (Wildman–Crippen LogP) is 2.71. The number of rotatable bonds is 3. The summed E-state index contributed by atoms with van der Waals surface area (Å²) in [7, 11) is 0. The molecule has 1 aromatic carbocycles. The lowest BCUT2D eigenvalue weighted by atomic mass is 9.89. The molecule has 0 N–H and O–H groups in total.